The van der Waals surface area contributed by atoms with Crippen LogP contribution < -0.4 is 10.6 Å². The fourth-order valence-corrected chi connectivity index (χ4v) is 4.40. The highest BCUT2D eigenvalue weighted by atomic mass is 16.6. The second-order valence-electron chi connectivity index (χ2n) is 10.8. The molecule has 0 heterocycles. The van der Waals surface area contributed by atoms with Crippen molar-refractivity contribution < 1.29 is 19.1 Å². The van der Waals surface area contributed by atoms with Gasteiger partial charge >= 0.3 is 6.09 Å². The van der Waals surface area contributed by atoms with Crippen molar-refractivity contribution in [1.82, 2.24) is 15.5 Å². The van der Waals surface area contributed by atoms with E-state index in [0.29, 0.717) is 5.56 Å². The van der Waals surface area contributed by atoms with E-state index < -0.39 is 35.6 Å². The van der Waals surface area contributed by atoms with Gasteiger partial charge in [-0.05, 0) is 51.3 Å². The molecule has 0 aliphatic rings. The predicted molar refractivity (Wildman–Crippen MR) is 156 cm³/mol. The molecular formula is C33H37N3O4. The lowest BCUT2D eigenvalue weighted by molar-refractivity contribution is -0.138. The molecule has 0 saturated carbocycles. The van der Waals surface area contributed by atoms with Crippen LogP contribution in [0.5, 0.6) is 0 Å². The van der Waals surface area contributed by atoms with Crippen molar-refractivity contribution in [3.63, 3.8) is 0 Å². The molecule has 0 aromatic heterocycles. The van der Waals surface area contributed by atoms with Crippen LogP contribution in [0.4, 0.5) is 4.79 Å². The van der Waals surface area contributed by atoms with E-state index in [1.165, 1.54) is 0 Å². The lowest BCUT2D eigenvalue weighted by atomic mass is 9.98. The lowest BCUT2D eigenvalue weighted by Crippen LogP contribution is -2.52. The molecule has 0 aliphatic heterocycles. The summed E-state index contributed by atoms with van der Waals surface area (Å²) in [5.74, 6) is -1.04. The summed E-state index contributed by atoms with van der Waals surface area (Å²) in [6, 6.07) is 24.6. The number of amides is 3. The third-order valence-corrected chi connectivity index (χ3v) is 6.02. The van der Waals surface area contributed by atoms with Crippen LogP contribution in [0.25, 0.3) is 0 Å². The Hall–Kier alpha value is -4.57. The van der Waals surface area contributed by atoms with Gasteiger partial charge in [-0.1, -0.05) is 96.4 Å². The molecule has 3 amide bonds. The van der Waals surface area contributed by atoms with Crippen molar-refractivity contribution in [2.45, 2.75) is 65.3 Å². The Labute approximate surface area is 236 Å². The van der Waals surface area contributed by atoms with Gasteiger partial charge in [0.05, 0.1) is 0 Å². The molecule has 0 spiro atoms. The molecule has 40 heavy (non-hydrogen) atoms. The number of benzene rings is 3. The molecule has 7 nitrogen and oxygen atoms in total. The van der Waals surface area contributed by atoms with E-state index in [1.807, 2.05) is 92.7 Å². The minimum atomic E-state index is -1.13. The first-order valence-corrected chi connectivity index (χ1v) is 13.2. The van der Waals surface area contributed by atoms with Crippen molar-refractivity contribution in [1.29, 1.82) is 0 Å². The maximum atomic E-state index is 14.1. The standard InChI is InChI=1S/C33H37N3O4/c1-7-36(31(38)28(21-25-14-10-8-11-15-25)35-32(39)40-33(4,5)6)29(27-19-23(2)18-24(3)20-27)30(37)34-22-26-16-12-9-13-17-26/h1,8-20,28-29H,21-22H2,2-6H3,(H,34,37)(H,35,39). The van der Waals surface area contributed by atoms with Crippen LogP contribution in [0.3, 0.4) is 0 Å². The highest BCUT2D eigenvalue weighted by Gasteiger charge is 2.36. The van der Waals surface area contributed by atoms with Crippen LogP contribution in [0, 0.1) is 26.3 Å². The van der Waals surface area contributed by atoms with Crippen LogP contribution in [0.2, 0.25) is 0 Å². The number of hydrogen-bond acceptors (Lipinski definition) is 4. The number of nitrogens with one attached hydrogen (secondary N) is 2. The fourth-order valence-electron chi connectivity index (χ4n) is 4.40. The van der Waals surface area contributed by atoms with Crippen LogP contribution in [0.15, 0.2) is 78.9 Å². The van der Waals surface area contributed by atoms with E-state index in [2.05, 4.69) is 16.7 Å². The zero-order chi connectivity index (χ0) is 29.3. The Morgan fingerprint density at radius 3 is 1.98 bits per heavy atom. The zero-order valence-electron chi connectivity index (χ0n) is 23.7. The number of ether oxygens (including phenoxy) is 1. The SMILES string of the molecule is C#CN(C(=O)C(Cc1ccccc1)NC(=O)OC(C)(C)C)C(C(=O)NCc1ccccc1)c1cc(C)cc(C)c1. The van der Waals surface area contributed by atoms with Crippen molar-refractivity contribution in [2.75, 3.05) is 0 Å². The normalized spacial score (nSPS) is 12.4. The summed E-state index contributed by atoms with van der Waals surface area (Å²) in [5.41, 5.74) is 3.37. The molecule has 2 N–H and O–H groups in total. The Morgan fingerprint density at radius 1 is 0.900 bits per heavy atom. The van der Waals surface area contributed by atoms with Gasteiger partial charge in [0, 0.05) is 19.0 Å². The number of aryl methyl sites for hydroxylation is 2. The van der Waals surface area contributed by atoms with Crippen LogP contribution in [0.1, 0.15) is 54.6 Å². The summed E-state index contributed by atoms with van der Waals surface area (Å²) < 4.78 is 5.43. The first kappa shape index (κ1) is 30.0. The molecule has 0 bridgehead atoms. The second kappa shape index (κ2) is 13.5. The average Bonchev–Trinajstić information content (AvgIpc) is 2.89. The summed E-state index contributed by atoms with van der Waals surface area (Å²) >= 11 is 0. The number of alkyl carbamates (subject to hydrolysis) is 1. The molecule has 3 rings (SSSR count). The largest absolute Gasteiger partial charge is 0.444 e. The number of hydrogen-bond donors (Lipinski definition) is 2. The first-order chi connectivity index (χ1) is 19.0. The summed E-state index contributed by atoms with van der Waals surface area (Å²) in [5, 5.41) is 5.61. The third-order valence-electron chi connectivity index (χ3n) is 6.02. The Morgan fingerprint density at radius 2 is 1.45 bits per heavy atom. The number of rotatable bonds is 9. The second-order valence-corrected chi connectivity index (χ2v) is 10.8. The minimum absolute atomic E-state index is 0.155. The molecule has 208 valence electrons. The summed E-state index contributed by atoms with van der Waals surface area (Å²) in [4.78, 5) is 41.6. The van der Waals surface area contributed by atoms with Crippen LogP contribution >= 0.6 is 0 Å². The van der Waals surface area contributed by atoms with Gasteiger partial charge < -0.3 is 15.4 Å². The zero-order valence-corrected chi connectivity index (χ0v) is 23.7. The van der Waals surface area contributed by atoms with Gasteiger partial charge in [0.15, 0.2) is 0 Å². The summed E-state index contributed by atoms with van der Waals surface area (Å²) in [6.45, 7) is 9.31. The van der Waals surface area contributed by atoms with Gasteiger partial charge in [-0.15, -0.1) is 0 Å². The van der Waals surface area contributed by atoms with Crippen molar-refractivity contribution in [3.05, 3.63) is 107 Å². The Balaban J connectivity index is 1.98. The minimum Gasteiger partial charge on any atom is -0.444 e. The number of nitrogens with zero attached hydrogens (tertiary/aromatic N) is 1. The first-order valence-electron chi connectivity index (χ1n) is 13.2. The monoisotopic (exact) mass is 539 g/mol. The van der Waals surface area contributed by atoms with Crippen LogP contribution in [-0.2, 0) is 27.3 Å². The average molecular weight is 540 g/mol. The van der Waals surface area contributed by atoms with Gasteiger partial charge in [-0.3, -0.25) is 14.5 Å². The Bertz CT molecular complexity index is 1340. The van der Waals surface area contributed by atoms with E-state index in [4.69, 9.17) is 11.2 Å². The molecule has 7 heteroatoms. The van der Waals surface area contributed by atoms with E-state index in [-0.39, 0.29) is 13.0 Å². The highest BCUT2D eigenvalue weighted by Crippen LogP contribution is 2.25. The van der Waals surface area contributed by atoms with Crippen molar-refractivity contribution in [2.24, 2.45) is 0 Å². The van der Waals surface area contributed by atoms with E-state index in [1.54, 1.807) is 20.8 Å². The smallest absolute Gasteiger partial charge is 0.408 e. The number of carbonyl (C=O) groups is 3. The quantitative estimate of drug-likeness (QED) is 0.288. The van der Waals surface area contributed by atoms with Crippen molar-refractivity contribution >= 4 is 17.9 Å². The number of terminal acetylenes is 1. The van der Waals surface area contributed by atoms with E-state index >= 15 is 0 Å². The van der Waals surface area contributed by atoms with E-state index in [9.17, 15) is 14.4 Å². The van der Waals surface area contributed by atoms with Gasteiger partial charge in [-0.2, -0.15) is 0 Å². The third kappa shape index (κ3) is 8.74. The molecule has 0 aliphatic carbocycles. The van der Waals surface area contributed by atoms with Gasteiger partial charge in [0.25, 0.3) is 5.91 Å². The maximum absolute atomic E-state index is 14.1. The molecule has 0 saturated heterocycles. The summed E-state index contributed by atoms with van der Waals surface area (Å²) in [6.07, 6.45) is 5.33. The molecule has 2 atom stereocenters. The van der Waals surface area contributed by atoms with E-state index in [0.717, 1.165) is 27.2 Å². The van der Waals surface area contributed by atoms with Crippen LogP contribution in [-0.4, -0.2) is 34.5 Å². The predicted octanol–water partition coefficient (Wildman–Crippen LogP) is 5.22. The van der Waals surface area contributed by atoms with Crippen molar-refractivity contribution in [3.8, 4) is 12.5 Å². The highest BCUT2D eigenvalue weighted by molar-refractivity contribution is 5.93. The lowest BCUT2D eigenvalue weighted by Gasteiger charge is -2.31. The Kier molecular flexibility index (Phi) is 10.1. The fraction of sp³-hybridized carbons (Fsp3) is 0.303. The maximum Gasteiger partial charge on any atom is 0.408 e. The number of carbonyl (C=O) groups excluding carboxylic acids is 3. The molecule has 0 radical (unpaired) electrons. The summed E-state index contributed by atoms with van der Waals surface area (Å²) in [7, 11) is 0. The van der Waals surface area contributed by atoms with Gasteiger partial charge in [-0.25, -0.2) is 4.79 Å². The van der Waals surface area contributed by atoms with Gasteiger partial charge in [0.2, 0.25) is 5.91 Å². The van der Waals surface area contributed by atoms with Gasteiger partial charge in [0.1, 0.15) is 17.7 Å². The molecular weight excluding hydrogens is 502 g/mol. The molecule has 0 fully saturated rings. The molecule has 3 aromatic rings. The molecule has 3 aromatic carbocycles. The topological polar surface area (TPSA) is 87.7 Å². The molecule has 2 unspecified atom stereocenters.